The highest BCUT2D eigenvalue weighted by atomic mass is 16.5. The molecule has 0 bridgehead atoms. The van der Waals surface area contributed by atoms with Crippen LogP contribution >= 0.6 is 0 Å². The van der Waals surface area contributed by atoms with E-state index < -0.39 is 6.10 Å². The molecule has 2 heterocycles. The molecule has 6 heteroatoms. The molecule has 2 aromatic rings. The lowest BCUT2D eigenvalue weighted by atomic mass is 10.00. The van der Waals surface area contributed by atoms with Crippen molar-refractivity contribution in [2.75, 3.05) is 19.8 Å². The molecule has 1 aromatic heterocycles. The summed E-state index contributed by atoms with van der Waals surface area (Å²) in [6.45, 7) is 4.64. The minimum absolute atomic E-state index is 0.395. The number of ether oxygens (including phenoxy) is 1. The highest BCUT2D eigenvalue weighted by Gasteiger charge is 2.20. The van der Waals surface area contributed by atoms with Gasteiger partial charge in [-0.3, -0.25) is 5.10 Å². The Kier molecular flexibility index (Phi) is 5.38. The van der Waals surface area contributed by atoms with Crippen LogP contribution in [0.25, 0.3) is 0 Å². The smallest absolute Gasteiger partial charge is 0.154 e. The molecule has 0 aliphatic carbocycles. The van der Waals surface area contributed by atoms with Gasteiger partial charge >= 0.3 is 0 Å². The largest absolute Gasteiger partial charge is 0.387 e. The monoisotopic (exact) mass is 316 g/mol. The van der Waals surface area contributed by atoms with Crippen LogP contribution in [0.3, 0.4) is 0 Å². The SMILES string of the molecule is Cc1ccccc1C(O)CNCc1nc(C2CCOCC2)n[nH]1. The normalized spacial score (nSPS) is 17.3. The number of hydrogen-bond donors (Lipinski definition) is 3. The molecular formula is C17H24N4O2. The molecule has 124 valence electrons. The minimum Gasteiger partial charge on any atom is -0.387 e. The van der Waals surface area contributed by atoms with Crippen LogP contribution in [0.4, 0.5) is 0 Å². The van der Waals surface area contributed by atoms with Crippen molar-refractivity contribution in [1.82, 2.24) is 20.5 Å². The minimum atomic E-state index is -0.519. The molecule has 0 amide bonds. The van der Waals surface area contributed by atoms with Crippen molar-refractivity contribution in [3.63, 3.8) is 0 Å². The van der Waals surface area contributed by atoms with Gasteiger partial charge in [0.25, 0.3) is 0 Å². The zero-order valence-electron chi connectivity index (χ0n) is 13.5. The molecule has 23 heavy (non-hydrogen) atoms. The van der Waals surface area contributed by atoms with Crippen LogP contribution in [0.5, 0.6) is 0 Å². The Morgan fingerprint density at radius 1 is 1.35 bits per heavy atom. The van der Waals surface area contributed by atoms with Crippen molar-refractivity contribution in [1.29, 1.82) is 0 Å². The average molecular weight is 316 g/mol. The first-order chi connectivity index (χ1) is 11.2. The van der Waals surface area contributed by atoms with Gasteiger partial charge in [-0.1, -0.05) is 24.3 Å². The summed E-state index contributed by atoms with van der Waals surface area (Å²) in [5.74, 6) is 2.08. The van der Waals surface area contributed by atoms with Crippen molar-refractivity contribution >= 4 is 0 Å². The van der Waals surface area contributed by atoms with Crippen LogP contribution < -0.4 is 5.32 Å². The Morgan fingerprint density at radius 3 is 2.91 bits per heavy atom. The average Bonchev–Trinajstić information content (AvgIpc) is 3.05. The number of aliphatic hydroxyl groups is 1. The molecule has 0 radical (unpaired) electrons. The van der Waals surface area contributed by atoms with Gasteiger partial charge in [0.2, 0.25) is 0 Å². The summed E-state index contributed by atoms with van der Waals surface area (Å²) in [7, 11) is 0. The maximum atomic E-state index is 10.3. The second-order valence-electron chi connectivity index (χ2n) is 6.03. The van der Waals surface area contributed by atoms with E-state index in [-0.39, 0.29) is 0 Å². The summed E-state index contributed by atoms with van der Waals surface area (Å²) in [5.41, 5.74) is 2.06. The van der Waals surface area contributed by atoms with E-state index >= 15 is 0 Å². The summed E-state index contributed by atoms with van der Waals surface area (Å²) in [6.07, 6.45) is 1.45. The highest BCUT2D eigenvalue weighted by molar-refractivity contribution is 5.27. The summed E-state index contributed by atoms with van der Waals surface area (Å²) >= 11 is 0. The lowest BCUT2D eigenvalue weighted by Gasteiger charge is -2.18. The Balaban J connectivity index is 1.49. The molecule has 1 unspecified atom stereocenters. The summed E-state index contributed by atoms with van der Waals surface area (Å²) in [4.78, 5) is 4.55. The number of benzene rings is 1. The number of aromatic amines is 1. The fourth-order valence-corrected chi connectivity index (χ4v) is 2.93. The standard InChI is InChI=1S/C17H24N4O2/c1-12-4-2-3-5-14(12)15(22)10-18-11-16-19-17(21-20-16)13-6-8-23-9-7-13/h2-5,13,15,18,22H,6-11H2,1H3,(H,19,20,21). The van der Waals surface area contributed by atoms with Crippen LogP contribution in [0, 0.1) is 6.92 Å². The van der Waals surface area contributed by atoms with Crippen molar-refractivity contribution in [3.8, 4) is 0 Å². The molecule has 1 atom stereocenters. The molecule has 1 saturated heterocycles. The molecule has 1 aliphatic heterocycles. The highest BCUT2D eigenvalue weighted by Crippen LogP contribution is 2.23. The number of aromatic nitrogens is 3. The summed E-state index contributed by atoms with van der Waals surface area (Å²) in [6, 6.07) is 7.89. The second kappa shape index (κ2) is 7.68. The van der Waals surface area contributed by atoms with Crippen LogP contribution in [0.2, 0.25) is 0 Å². The first-order valence-corrected chi connectivity index (χ1v) is 8.17. The number of aryl methyl sites for hydroxylation is 1. The van der Waals surface area contributed by atoms with Crippen molar-refractivity contribution < 1.29 is 9.84 Å². The van der Waals surface area contributed by atoms with E-state index in [0.717, 1.165) is 48.8 Å². The molecule has 1 fully saturated rings. The molecule has 1 aromatic carbocycles. The van der Waals surface area contributed by atoms with Crippen molar-refractivity contribution in [3.05, 3.63) is 47.0 Å². The zero-order valence-corrected chi connectivity index (χ0v) is 13.5. The van der Waals surface area contributed by atoms with E-state index in [1.54, 1.807) is 0 Å². The van der Waals surface area contributed by atoms with E-state index in [0.29, 0.717) is 19.0 Å². The van der Waals surface area contributed by atoms with Gasteiger partial charge in [0.15, 0.2) is 5.82 Å². The topological polar surface area (TPSA) is 83.1 Å². The third kappa shape index (κ3) is 4.16. The van der Waals surface area contributed by atoms with Gasteiger partial charge in [-0.25, -0.2) is 4.98 Å². The molecule has 0 saturated carbocycles. The van der Waals surface area contributed by atoms with Gasteiger partial charge in [-0.05, 0) is 30.9 Å². The first-order valence-electron chi connectivity index (χ1n) is 8.17. The quantitative estimate of drug-likeness (QED) is 0.757. The van der Waals surface area contributed by atoms with E-state index in [1.165, 1.54) is 0 Å². The fraction of sp³-hybridized carbons (Fsp3) is 0.529. The van der Waals surface area contributed by atoms with Gasteiger partial charge in [0.05, 0.1) is 12.6 Å². The van der Waals surface area contributed by atoms with Gasteiger partial charge in [0.1, 0.15) is 5.82 Å². The second-order valence-corrected chi connectivity index (χ2v) is 6.03. The number of nitrogens with zero attached hydrogens (tertiary/aromatic N) is 2. The fourth-order valence-electron chi connectivity index (χ4n) is 2.93. The number of rotatable bonds is 6. The van der Waals surface area contributed by atoms with E-state index in [9.17, 15) is 5.11 Å². The Morgan fingerprint density at radius 2 is 2.13 bits per heavy atom. The molecule has 0 spiro atoms. The van der Waals surface area contributed by atoms with Gasteiger partial charge in [0, 0.05) is 25.7 Å². The van der Waals surface area contributed by atoms with Crippen LogP contribution in [-0.4, -0.2) is 40.0 Å². The van der Waals surface area contributed by atoms with Gasteiger partial charge in [-0.15, -0.1) is 0 Å². The van der Waals surface area contributed by atoms with Gasteiger partial charge < -0.3 is 15.2 Å². The van der Waals surface area contributed by atoms with E-state index in [1.807, 2.05) is 31.2 Å². The summed E-state index contributed by atoms with van der Waals surface area (Å²) < 4.78 is 5.37. The van der Waals surface area contributed by atoms with E-state index in [2.05, 4.69) is 20.5 Å². The number of hydrogen-bond acceptors (Lipinski definition) is 5. The third-order valence-electron chi connectivity index (χ3n) is 4.31. The van der Waals surface area contributed by atoms with Crippen molar-refractivity contribution in [2.24, 2.45) is 0 Å². The molecule has 6 nitrogen and oxygen atoms in total. The van der Waals surface area contributed by atoms with Crippen LogP contribution in [0.15, 0.2) is 24.3 Å². The van der Waals surface area contributed by atoms with E-state index in [4.69, 9.17) is 4.74 Å². The number of aliphatic hydroxyl groups excluding tert-OH is 1. The Hall–Kier alpha value is -1.76. The lowest BCUT2D eigenvalue weighted by Crippen LogP contribution is -2.22. The van der Waals surface area contributed by atoms with Gasteiger partial charge in [-0.2, -0.15) is 5.10 Å². The third-order valence-corrected chi connectivity index (χ3v) is 4.31. The maximum absolute atomic E-state index is 10.3. The molecular weight excluding hydrogens is 292 g/mol. The predicted molar refractivity (Wildman–Crippen MR) is 87.0 cm³/mol. The zero-order chi connectivity index (χ0) is 16.1. The van der Waals surface area contributed by atoms with Crippen LogP contribution in [0.1, 0.15) is 47.6 Å². The Bertz CT molecular complexity index is 623. The molecule has 1 aliphatic rings. The van der Waals surface area contributed by atoms with Crippen molar-refractivity contribution in [2.45, 2.75) is 38.3 Å². The summed E-state index contributed by atoms with van der Waals surface area (Å²) in [5, 5.41) is 20.8. The first kappa shape index (κ1) is 16.1. The Labute approximate surface area is 136 Å². The predicted octanol–water partition coefficient (Wildman–Crippen LogP) is 1.83. The molecule has 3 N–H and O–H groups in total. The molecule has 3 rings (SSSR count). The van der Waals surface area contributed by atoms with Crippen LogP contribution in [-0.2, 0) is 11.3 Å². The number of H-pyrrole nitrogens is 1. The maximum Gasteiger partial charge on any atom is 0.154 e. The lowest BCUT2D eigenvalue weighted by molar-refractivity contribution is 0.0836. The number of nitrogens with one attached hydrogen (secondary N) is 2.